The van der Waals surface area contributed by atoms with Crippen molar-refractivity contribution in [3.63, 3.8) is 0 Å². The Kier molecular flexibility index (Phi) is 4.08. The molecule has 134 valence electrons. The lowest BCUT2D eigenvalue weighted by molar-refractivity contribution is 0.144. The van der Waals surface area contributed by atoms with Crippen LogP contribution in [0.5, 0.6) is 0 Å². The van der Waals surface area contributed by atoms with Gasteiger partial charge in [-0.3, -0.25) is 9.98 Å². The smallest absolute Gasteiger partial charge is 0.250 e. The molecule has 3 aromatic heterocycles. The van der Waals surface area contributed by atoms with E-state index in [1.807, 2.05) is 25.1 Å². The third kappa shape index (κ3) is 3.01. The molecule has 1 unspecified atom stereocenters. The van der Waals surface area contributed by atoms with Gasteiger partial charge in [0.25, 0.3) is 6.43 Å². The topological polar surface area (TPSA) is 93.5 Å². The minimum absolute atomic E-state index is 0.191. The Morgan fingerprint density at radius 2 is 2.19 bits per heavy atom. The van der Waals surface area contributed by atoms with E-state index in [2.05, 4.69) is 20.4 Å². The highest BCUT2D eigenvalue weighted by Gasteiger charge is 2.23. The number of hydrogen-bond acceptors (Lipinski definition) is 6. The van der Waals surface area contributed by atoms with Crippen molar-refractivity contribution in [3.8, 4) is 11.3 Å². The summed E-state index contributed by atoms with van der Waals surface area (Å²) in [4.78, 5) is 13.2. The molecule has 0 radical (unpaired) electrons. The Morgan fingerprint density at radius 1 is 1.35 bits per heavy atom. The summed E-state index contributed by atoms with van der Waals surface area (Å²) in [6.45, 7) is 1.47. The molecule has 0 saturated heterocycles. The van der Waals surface area contributed by atoms with E-state index in [0.29, 0.717) is 6.42 Å². The molecule has 4 heterocycles. The van der Waals surface area contributed by atoms with Gasteiger partial charge in [-0.1, -0.05) is 0 Å². The summed E-state index contributed by atoms with van der Waals surface area (Å²) in [5.74, 6) is 0.191. The second-order valence-corrected chi connectivity index (χ2v) is 6.15. The van der Waals surface area contributed by atoms with Gasteiger partial charge in [-0.25, -0.2) is 18.3 Å². The molecular weight excluding hydrogens is 340 g/mol. The van der Waals surface area contributed by atoms with Crippen molar-refractivity contribution in [1.82, 2.24) is 24.9 Å². The van der Waals surface area contributed by atoms with Crippen LogP contribution in [0.1, 0.15) is 12.6 Å². The number of nitrogens with zero attached hydrogens (tertiary/aromatic N) is 5. The number of nitrogens with two attached hydrogens (primary N) is 1. The van der Waals surface area contributed by atoms with Crippen LogP contribution in [0, 0.1) is 0 Å². The summed E-state index contributed by atoms with van der Waals surface area (Å²) < 4.78 is 26.6. The first-order valence-electron chi connectivity index (χ1n) is 8.18. The summed E-state index contributed by atoms with van der Waals surface area (Å²) in [6.07, 6.45) is 1.55. The number of aromatic nitrogens is 4. The summed E-state index contributed by atoms with van der Waals surface area (Å²) in [6, 6.07) is 5.43. The van der Waals surface area contributed by atoms with Crippen molar-refractivity contribution < 1.29 is 8.78 Å². The molecule has 7 nitrogen and oxygen atoms in total. The van der Waals surface area contributed by atoms with E-state index in [9.17, 15) is 8.78 Å². The fourth-order valence-corrected chi connectivity index (χ4v) is 3.09. The average molecular weight is 357 g/mol. The van der Waals surface area contributed by atoms with Gasteiger partial charge < -0.3 is 11.1 Å². The number of rotatable bonds is 4. The molecule has 0 aliphatic carbocycles. The number of nitrogen functional groups attached to an aromatic ring is 1. The van der Waals surface area contributed by atoms with Crippen LogP contribution in [0.15, 0.2) is 35.6 Å². The second-order valence-electron chi connectivity index (χ2n) is 6.15. The van der Waals surface area contributed by atoms with Gasteiger partial charge in [-0.15, -0.1) is 5.10 Å². The van der Waals surface area contributed by atoms with Crippen molar-refractivity contribution in [2.45, 2.75) is 25.8 Å². The summed E-state index contributed by atoms with van der Waals surface area (Å²) in [5.41, 5.74) is 10.3. The number of alkyl halides is 2. The van der Waals surface area contributed by atoms with Crippen LogP contribution in [0.3, 0.4) is 0 Å². The van der Waals surface area contributed by atoms with Crippen LogP contribution in [-0.4, -0.2) is 44.3 Å². The van der Waals surface area contributed by atoms with Crippen molar-refractivity contribution in [2.24, 2.45) is 4.99 Å². The van der Waals surface area contributed by atoms with Crippen LogP contribution in [0.2, 0.25) is 0 Å². The highest BCUT2D eigenvalue weighted by Crippen LogP contribution is 2.30. The molecule has 1 aliphatic heterocycles. The highest BCUT2D eigenvalue weighted by molar-refractivity contribution is 5.92. The second kappa shape index (κ2) is 6.41. The predicted octanol–water partition coefficient (Wildman–Crippen LogP) is 2.25. The van der Waals surface area contributed by atoms with Crippen LogP contribution in [0.4, 0.5) is 20.4 Å². The van der Waals surface area contributed by atoms with Crippen LogP contribution < -0.4 is 11.1 Å². The first-order chi connectivity index (χ1) is 12.5. The number of anilines is 1. The number of hydrogen-bond donors (Lipinski definition) is 2. The predicted molar refractivity (Wildman–Crippen MR) is 94.9 cm³/mol. The summed E-state index contributed by atoms with van der Waals surface area (Å²) in [7, 11) is 0. The molecule has 26 heavy (non-hydrogen) atoms. The van der Waals surface area contributed by atoms with Gasteiger partial charge in [0.15, 0.2) is 0 Å². The fourth-order valence-electron chi connectivity index (χ4n) is 3.09. The first-order valence-corrected chi connectivity index (χ1v) is 8.18. The zero-order valence-electron chi connectivity index (χ0n) is 14.0. The quantitative estimate of drug-likeness (QED) is 0.747. The molecule has 1 aliphatic rings. The third-order valence-electron chi connectivity index (χ3n) is 4.38. The minimum atomic E-state index is -2.40. The zero-order valence-corrected chi connectivity index (χ0v) is 14.0. The molecule has 0 spiro atoms. The molecule has 3 N–H and O–H groups in total. The Balaban J connectivity index is 1.68. The lowest BCUT2D eigenvalue weighted by Gasteiger charge is -2.23. The van der Waals surface area contributed by atoms with Gasteiger partial charge in [-0.2, -0.15) is 0 Å². The molecule has 1 atom stereocenters. The van der Waals surface area contributed by atoms with Crippen LogP contribution >= 0.6 is 0 Å². The van der Waals surface area contributed by atoms with Gasteiger partial charge in [0.05, 0.1) is 41.4 Å². The number of nitrogens with one attached hydrogen (secondary N) is 1. The number of aliphatic imine (C=N–C) groups is 1. The van der Waals surface area contributed by atoms with Crippen LogP contribution in [-0.2, 0) is 6.42 Å². The maximum Gasteiger partial charge on any atom is 0.250 e. The highest BCUT2D eigenvalue weighted by atomic mass is 19.3. The summed E-state index contributed by atoms with van der Waals surface area (Å²) in [5, 5.41) is 6.97. The lowest BCUT2D eigenvalue weighted by atomic mass is 10.0. The minimum Gasteiger partial charge on any atom is -0.367 e. The SMILES string of the molecule is CC1=Nc2ccc(-c3ccn4nc(N)ncc34)nc2CC1NCC(F)F. The molecule has 0 bridgehead atoms. The van der Waals surface area contributed by atoms with Crippen molar-refractivity contribution in [3.05, 3.63) is 36.3 Å². The molecule has 3 aromatic rings. The van der Waals surface area contributed by atoms with Crippen LogP contribution in [0.25, 0.3) is 16.8 Å². The standard InChI is InChI=1S/C17H17F2N7/c1-9-13(21-8-16(18)19)6-14-12(23-9)3-2-11(24-14)10-4-5-26-15(10)7-22-17(20)25-26/h2-5,7,13,16,21H,6,8H2,1H3,(H2,20,25). The Labute approximate surface area is 148 Å². The molecule has 0 saturated carbocycles. The maximum absolute atomic E-state index is 12.5. The fraction of sp³-hybridized carbons (Fsp3) is 0.294. The Bertz CT molecular complexity index is 996. The van der Waals surface area contributed by atoms with Gasteiger partial charge in [0.2, 0.25) is 5.95 Å². The lowest BCUT2D eigenvalue weighted by Crippen LogP contribution is -2.41. The molecular formula is C17H17F2N7. The molecule has 0 aromatic carbocycles. The Morgan fingerprint density at radius 3 is 3.00 bits per heavy atom. The van der Waals surface area contributed by atoms with E-state index in [1.165, 1.54) is 0 Å². The van der Waals surface area contributed by atoms with Crippen molar-refractivity contribution in [1.29, 1.82) is 0 Å². The molecule has 0 amide bonds. The van der Waals surface area contributed by atoms with Gasteiger partial charge >= 0.3 is 0 Å². The average Bonchev–Trinajstić information content (AvgIpc) is 3.02. The number of halogens is 2. The van der Waals surface area contributed by atoms with E-state index < -0.39 is 6.43 Å². The van der Waals surface area contributed by atoms with Gasteiger partial charge in [0.1, 0.15) is 0 Å². The van der Waals surface area contributed by atoms with E-state index in [4.69, 9.17) is 10.7 Å². The maximum atomic E-state index is 12.5. The Hall–Kier alpha value is -2.94. The van der Waals surface area contributed by atoms with Gasteiger partial charge in [-0.05, 0) is 25.1 Å². The molecule has 9 heteroatoms. The van der Waals surface area contributed by atoms with E-state index in [-0.39, 0.29) is 18.5 Å². The molecule has 4 rings (SSSR count). The van der Waals surface area contributed by atoms with E-state index in [1.54, 1.807) is 16.9 Å². The number of pyridine rings is 1. The van der Waals surface area contributed by atoms with E-state index in [0.717, 1.165) is 33.9 Å². The van der Waals surface area contributed by atoms with Gasteiger partial charge in [0, 0.05) is 23.9 Å². The van der Waals surface area contributed by atoms with Crippen molar-refractivity contribution in [2.75, 3.05) is 12.3 Å². The largest absolute Gasteiger partial charge is 0.367 e. The normalized spacial score (nSPS) is 16.8. The first kappa shape index (κ1) is 16.5. The molecule has 0 fully saturated rings. The summed E-state index contributed by atoms with van der Waals surface area (Å²) >= 11 is 0. The third-order valence-corrected chi connectivity index (χ3v) is 4.38. The monoisotopic (exact) mass is 357 g/mol. The van der Waals surface area contributed by atoms with E-state index >= 15 is 0 Å². The zero-order chi connectivity index (χ0) is 18.3. The number of fused-ring (bicyclic) bond motifs is 2. The van der Waals surface area contributed by atoms with Crippen molar-refractivity contribution >= 4 is 22.9 Å².